The van der Waals surface area contributed by atoms with E-state index >= 15 is 0 Å². The fourth-order valence-electron chi connectivity index (χ4n) is 2.95. The van der Waals surface area contributed by atoms with Crippen molar-refractivity contribution in [2.45, 2.75) is 44.7 Å². The highest BCUT2D eigenvalue weighted by Crippen LogP contribution is 2.24. The first kappa shape index (κ1) is 15.7. The van der Waals surface area contributed by atoms with Gasteiger partial charge in [0, 0.05) is 30.2 Å². The summed E-state index contributed by atoms with van der Waals surface area (Å²) in [6.45, 7) is 4.02. The molecular formula is C16H24ClFN2. The van der Waals surface area contributed by atoms with Gasteiger partial charge in [-0.25, -0.2) is 4.39 Å². The molecule has 0 aromatic heterocycles. The quantitative estimate of drug-likeness (QED) is 0.854. The molecule has 0 spiro atoms. The van der Waals surface area contributed by atoms with Crippen molar-refractivity contribution in [3.63, 3.8) is 0 Å². The zero-order valence-electron chi connectivity index (χ0n) is 12.3. The summed E-state index contributed by atoms with van der Waals surface area (Å²) in [5, 5.41) is 3.96. The van der Waals surface area contributed by atoms with Crippen LogP contribution in [-0.2, 0) is 0 Å². The van der Waals surface area contributed by atoms with E-state index in [1.165, 1.54) is 37.8 Å². The van der Waals surface area contributed by atoms with E-state index in [9.17, 15) is 4.39 Å². The molecule has 0 bridgehead atoms. The minimum absolute atomic E-state index is 0.139. The average Bonchev–Trinajstić information content (AvgIpc) is 2.92. The molecule has 1 atom stereocenters. The summed E-state index contributed by atoms with van der Waals surface area (Å²) < 4.78 is 13.0. The highest BCUT2D eigenvalue weighted by Gasteiger charge is 2.19. The van der Waals surface area contributed by atoms with Crippen molar-refractivity contribution in [2.75, 3.05) is 20.1 Å². The van der Waals surface area contributed by atoms with Crippen molar-refractivity contribution in [1.29, 1.82) is 0 Å². The van der Waals surface area contributed by atoms with E-state index in [0.29, 0.717) is 5.02 Å². The number of rotatable bonds is 6. The van der Waals surface area contributed by atoms with Crippen LogP contribution in [0.15, 0.2) is 18.2 Å². The summed E-state index contributed by atoms with van der Waals surface area (Å²) in [6.07, 6.45) is 5.39. The predicted molar refractivity (Wildman–Crippen MR) is 82.7 cm³/mol. The van der Waals surface area contributed by atoms with Crippen LogP contribution in [0.4, 0.5) is 4.39 Å². The van der Waals surface area contributed by atoms with Crippen LogP contribution in [0.3, 0.4) is 0 Å². The zero-order valence-corrected chi connectivity index (χ0v) is 13.1. The first-order valence-electron chi connectivity index (χ1n) is 7.46. The number of nitrogens with zero attached hydrogens (tertiary/aromatic N) is 1. The van der Waals surface area contributed by atoms with Crippen molar-refractivity contribution in [3.8, 4) is 0 Å². The van der Waals surface area contributed by atoms with Gasteiger partial charge in [-0.15, -0.1) is 0 Å². The molecule has 2 rings (SSSR count). The Hall–Kier alpha value is -0.640. The Balaban J connectivity index is 1.78. The second kappa shape index (κ2) is 7.39. The van der Waals surface area contributed by atoms with Crippen molar-refractivity contribution >= 4 is 11.6 Å². The van der Waals surface area contributed by atoms with Crippen LogP contribution in [-0.4, -0.2) is 31.1 Å². The van der Waals surface area contributed by atoms with E-state index in [2.05, 4.69) is 24.2 Å². The molecule has 1 saturated carbocycles. The highest BCUT2D eigenvalue weighted by molar-refractivity contribution is 6.31. The zero-order chi connectivity index (χ0) is 14.5. The number of hydrogen-bond donors (Lipinski definition) is 1. The number of nitrogens with one attached hydrogen (secondary N) is 1. The highest BCUT2D eigenvalue weighted by atomic mass is 35.5. The van der Waals surface area contributed by atoms with Gasteiger partial charge in [0.05, 0.1) is 0 Å². The topological polar surface area (TPSA) is 15.3 Å². The smallest absolute Gasteiger partial charge is 0.124 e. The Morgan fingerprint density at radius 1 is 1.40 bits per heavy atom. The van der Waals surface area contributed by atoms with Crippen molar-refractivity contribution in [3.05, 3.63) is 34.6 Å². The van der Waals surface area contributed by atoms with E-state index in [-0.39, 0.29) is 11.9 Å². The fourth-order valence-corrected chi connectivity index (χ4v) is 3.28. The molecule has 0 heterocycles. The number of likely N-dealkylation sites (N-methyl/N-ethyl adjacent to an activating group) is 1. The van der Waals surface area contributed by atoms with Gasteiger partial charge in [-0.3, -0.25) is 0 Å². The lowest BCUT2D eigenvalue weighted by Crippen LogP contribution is -2.36. The maximum atomic E-state index is 13.0. The first-order chi connectivity index (χ1) is 9.58. The van der Waals surface area contributed by atoms with Crippen LogP contribution in [0.2, 0.25) is 5.02 Å². The predicted octanol–water partition coefficient (Wildman–Crippen LogP) is 4.00. The maximum absolute atomic E-state index is 13.0. The molecule has 1 aliphatic carbocycles. The van der Waals surface area contributed by atoms with E-state index in [1.54, 1.807) is 6.07 Å². The fraction of sp³-hybridized carbons (Fsp3) is 0.625. The van der Waals surface area contributed by atoms with Crippen molar-refractivity contribution in [2.24, 2.45) is 0 Å². The standard InChI is InChI=1S/C16H24ClFN2/c1-12(15-8-7-13(18)11-16(15)17)19-9-10-20(2)14-5-3-4-6-14/h7-8,11-12,14,19H,3-6,9-10H2,1-2H3. The maximum Gasteiger partial charge on any atom is 0.124 e. The van der Waals surface area contributed by atoms with Crippen LogP contribution >= 0.6 is 11.6 Å². The molecule has 1 aromatic rings. The molecule has 1 aromatic carbocycles. The van der Waals surface area contributed by atoms with Gasteiger partial charge < -0.3 is 10.2 Å². The van der Waals surface area contributed by atoms with Gasteiger partial charge in [-0.2, -0.15) is 0 Å². The lowest BCUT2D eigenvalue weighted by Gasteiger charge is -2.25. The monoisotopic (exact) mass is 298 g/mol. The summed E-state index contributed by atoms with van der Waals surface area (Å²) >= 11 is 6.08. The Morgan fingerprint density at radius 3 is 2.75 bits per heavy atom. The Morgan fingerprint density at radius 2 is 2.10 bits per heavy atom. The van der Waals surface area contributed by atoms with Crippen molar-refractivity contribution < 1.29 is 4.39 Å². The van der Waals surface area contributed by atoms with Crippen LogP contribution in [0.5, 0.6) is 0 Å². The van der Waals surface area contributed by atoms with Crippen LogP contribution in [0, 0.1) is 5.82 Å². The van der Waals surface area contributed by atoms with Gasteiger partial charge in [-0.05, 0) is 44.5 Å². The Labute approximate surface area is 126 Å². The molecule has 0 radical (unpaired) electrons. The summed E-state index contributed by atoms with van der Waals surface area (Å²) in [7, 11) is 2.20. The second-order valence-corrected chi connectivity index (χ2v) is 6.17. The van der Waals surface area contributed by atoms with Crippen LogP contribution < -0.4 is 5.32 Å². The van der Waals surface area contributed by atoms with Crippen LogP contribution in [0.25, 0.3) is 0 Å². The van der Waals surface area contributed by atoms with E-state index in [1.807, 2.05) is 0 Å². The van der Waals surface area contributed by atoms with Crippen molar-refractivity contribution in [1.82, 2.24) is 10.2 Å². The van der Waals surface area contributed by atoms with E-state index in [4.69, 9.17) is 11.6 Å². The second-order valence-electron chi connectivity index (χ2n) is 5.76. The third-order valence-corrected chi connectivity index (χ3v) is 4.62. The van der Waals surface area contributed by atoms with Gasteiger partial charge >= 0.3 is 0 Å². The lowest BCUT2D eigenvalue weighted by atomic mass is 10.1. The minimum atomic E-state index is -0.285. The molecule has 1 N–H and O–H groups in total. The van der Waals surface area contributed by atoms with E-state index < -0.39 is 0 Å². The third-order valence-electron chi connectivity index (χ3n) is 4.29. The third kappa shape index (κ3) is 4.18. The van der Waals surface area contributed by atoms with Gasteiger partial charge in [-0.1, -0.05) is 30.5 Å². The summed E-state index contributed by atoms with van der Waals surface area (Å²) in [5.41, 5.74) is 0.955. The molecule has 1 fully saturated rings. The molecule has 1 aliphatic rings. The lowest BCUT2D eigenvalue weighted by molar-refractivity contribution is 0.243. The molecule has 1 unspecified atom stereocenters. The van der Waals surface area contributed by atoms with Gasteiger partial charge in [0.1, 0.15) is 5.82 Å². The Bertz CT molecular complexity index is 432. The molecule has 4 heteroatoms. The van der Waals surface area contributed by atoms with Crippen LogP contribution in [0.1, 0.15) is 44.2 Å². The molecule has 20 heavy (non-hydrogen) atoms. The SMILES string of the molecule is CC(NCCN(C)C1CCCC1)c1ccc(F)cc1Cl. The largest absolute Gasteiger partial charge is 0.309 e. The molecule has 0 amide bonds. The summed E-state index contributed by atoms with van der Waals surface area (Å²) in [5.74, 6) is -0.285. The molecule has 2 nitrogen and oxygen atoms in total. The summed E-state index contributed by atoms with van der Waals surface area (Å²) in [6, 6.07) is 5.49. The number of benzene rings is 1. The average molecular weight is 299 g/mol. The number of hydrogen-bond acceptors (Lipinski definition) is 2. The number of halogens is 2. The molecular weight excluding hydrogens is 275 g/mol. The van der Waals surface area contributed by atoms with E-state index in [0.717, 1.165) is 24.7 Å². The minimum Gasteiger partial charge on any atom is -0.309 e. The Kier molecular flexibility index (Phi) is 5.82. The first-order valence-corrected chi connectivity index (χ1v) is 7.84. The van der Waals surface area contributed by atoms with Gasteiger partial charge in [0.2, 0.25) is 0 Å². The molecule has 0 saturated heterocycles. The molecule has 0 aliphatic heterocycles. The van der Waals surface area contributed by atoms with Gasteiger partial charge in [0.25, 0.3) is 0 Å². The van der Waals surface area contributed by atoms with Gasteiger partial charge in [0.15, 0.2) is 0 Å². The normalized spacial score (nSPS) is 17.9. The molecule has 112 valence electrons. The summed E-state index contributed by atoms with van der Waals surface area (Å²) in [4.78, 5) is 2.44.